The van der Waals surface area contributed by atoms with E-state index in [2.05, 4.69) is 0 Å². The molecule has 1 aromatic carbocycles. The molecule has 2 rings (SSSR count). The summed E-state index contributed by atoms with van der Waals surface area (Å²) in [5.74, 6) is -0.974. The first-order valence-electron chi connectivity index (χ1n) is 4.98. The quantitative estimate of drug-likeness (QED) is 0.696. The van der Waals surface area contributed by atoms with Crippen LogP contribution in [0.1, 0.15) is 31.7 Å². The largest absolute Gasteiger partial charge is 0.300 e. The summed E-state index contributed by atoms with van der Waals surface area (Å²) in [7, 11) is 0. The molecule has 1 aliphatic rings. The van der Waals surface area contributed by atoms with Crippen LogP contribution in [0.2, 0.25) is 0 Å². The molecular formula is C12H12F2O. The fourth-order valence-corrected chi connectivity index (χ4v) is 2.24. The van der Waals surface area contributed by atoms with Crippen molar-refractivity contribution in [1.29, 1.82) is 0 Å². The highest BCUT2D eigenvalue weighted by Crippen LogP contribution is 2.39. The molecule has 0 amide bonds. The van der Waals surface area contributed by atoms with E-state index in [1.54, 1.807) is 0 Å². The van der Waals surface area contributed by atoms with Crippen LogP contribution in [0, 0.1) is 11.6 Å². The van der Waals surface area contributed by atoms with Gasteiger partial charge in [-0.05, 0) is 18.1 Å². The molecule has 0 bridgehead atoms. The molecule has 0 N–H and O–H groups in total. The monoisotopic (exact) mass is 210 g/mol. The molecule has 0 aliphatic heterocycles. The first-order chi connectivity index (χ1) is 7.01. The second kappa shape index (κ2) is 3.40. The number of Topliss-reactive ketones (excluding diaryl/α,β-unsaturated/α-hetero) is 1. The highest BCUT2D eigenvalue weighted by Gasteiger charge is 2.37. The van der Waals surface area contributed by atoms with E-state index in [0.717, 1.165) is 6.07 Å². The van der Waals surface area contributed by atoms with Gasteiger partial charge in [0.15, 0.2) is 0 Å². The minimum atomic E-state index is -0.579. The lowest BCUT2D eigenvalue weighted by molar-refractivity contribution is -0.117. The Morgan fingerprint density at radius 3 is 2.60 bits per heavy atom. The summed E-state index contributed by atoms with van der Waals surface area (Å²) in [6, 6.07) is 3.57. The summed E-state index contributed by atoms with van der Waals surface area (Å²) >= 11 is 0. The molecule has 1 fully saturated rings. The summed E-state index contributed by atoms with van der Waals surface area (Å²) in [5.41, 5.74) is 0.00394. The van der Waals surface area contributed by atoms with Crippen LogP contribution < -0.4 is 0 Å². The first-order valence-corrected chi connectivity index (χ1v) is 4.98. The fourth-order valence-electron chi connectivity index (χ4n) is 2.24. The molecule has 0 heterocycles. The summed E-state index contributed by atoms with van der Waals surface area (Å²) < 4.78 is 26.3. The van der Waals surface area contributed by atoms with Crippen LogP contribution >= 0.6 is 0 Å². The predicted octanol–water partition coefficient (Wildman–Crippen LogP) is 2.98. The molecule has 1 saturated carbocycles. The third-order valence-corrected chi connectivity index (χ3v) is 3.12. The minimum Gasteiger partial charge on any atom is -0.300 e. The zero-order chi connectivity index (χ0) is 11.1. The molecule has 0 saturated heterocycles. The Bertz CT molecular complexity index is 414. The smallest absolute Gasteiger partial charge is 0.133 e. The number of carbonyl (C=O) groups is 1. The lowest BCUT2D eigenvalue weighted by Gasteiger charge is -2.23. The van der Waals surface area contributed by atoms with Crippen molar-refractivity contribution in [1.82, 2.24) is 0 Å². The van der Waals surface area contributed by atoms with Gasteiger partial charge in [0.25, 0.3) is 0 Å². The highest BCUT2D eigenvalue weighted by molar-refractivity contribution is 5.82. The van der Waals surface area contributed by atoms with Crippen LogP contribution in [0.4, 0.5) is 8.78 Å². The highest BCUT2D eigenvalue weighted by atomic mass is 19.1. The molecule has 15 heavy (non-hydrogen) atoms. The number of carbonyl (C=O) groups excluding carboxylic acids is 1. The molecule has 1 aromatic rings. The zero-order valence-electron chi connectivity index (χ0n) is 8.52. The SMILES string of the molecule is CC1(c2ccc(F)cc2F)CCC(=O)C1. The lowest BCUT2D eigenvalue weighted by Crippen LogP contribution is -2.19. The molecule has 0 aromatic heterocycles. The van der Waals surface area contributed by atoms with Crippen molar-refractivity contribution in [2.75, 3.05) is 0 Å². The second-order valence-electron chi connectivity index (χ2n) is 4.40. The summed E-state index contributed by atoms with van der Waals surface area (Å²) in [4.78, 5) is 11.2. The van der Waals surface area contributed by atoms with E-state index in [0.29, 0.717) is 24.8 Å². The Morgan fingerprint density at radius 2 is 2.07 bits per heavy atom. The standard InChI is InChI=1S/C12H12F2O/c1-12(5-4-9(15)7-12)10-3-2-8(13)6-11(10)14/h2-3,6H,4-5,7H2,1H3. The topological polar surface area (TPSA) is 17.1 Å². The second-order valence-corrected chi connectivity index (χ2v) is 4.40. The summed E-state index contributed by atoms with van der Waals surface area (Å²) in [6.45, 7) is 1.86. The van der Waals surface area contributed by atoms with E-state index in [4.69, 9.17) is 0 Å². The Morgan fingerprint density at radius 1 is 1.33 bits per heavy atom. The number of rotatable bonds is 1. The molecule has 80 valence electrons. The van der Waals surface area contributed by atoms with Gasteiger partial charge in [-0.3, -0.25) is 4.79 Å². The molecule has 1 atom stereocenters. The van der Waals surface area contributed by atoms with Gasteiger partial charge in [0.1, 0.15) is 17.4 Å². The van der Waals surface area contributed by atoms with Crippen LogP contribution in [0.25, 0.3) is 0 Å². The van der Waals surface area contributed by atoms with Crippen molar-refractivity contribution in [2.24, 2.45) is 0 Å². The Balaban J connectivity index is 2.41. The molecular weight excluding hydrogens is 198 g/mol. The number of hydrogen-bond acceptors (Lipinski definition) is 1. The van der Waals surface area contributed by atoms with E-state index in [1.807, 2.05) is 6.92 Å². The molecule has 1 aliphatic carbocycles. The maximum absolute atomic E-state index is 13.5. The summed E-state index contributed by atoms with van der Waals surface area (Å²) in [6.07, 6.45) is 1.50. The Hall–Kier alpha value is -1.25. The van der Waals surface area contributed by atoms with Gasteiger partial charge >= 0.3 is 0 Å². The van der Waals surface area contributed by atoms with Crippen LogP contribution in [-0.4, -0.2) is 5.78 Å². The van der Waals surface area contributed by atoms with Gasteiger partial charge in [0, 0.05) is 24.3 Å². The van der Waals surface area contributed by atoms with Crippen molar-refractivity contribution in [3.63, 3.8) is 0 Å². The third kappa shape index (κ3) is 1.78. The van der Waals surface area contributed by atoms with Crippen molar-refractivity contribution >= 4 is 5.78 Å². The zero-order valence-corrected chi connectivity index (χ0v) is 8.52. The maximum Gasteiger partial charge on any atom is 0.133 e. The van der Waals surface area contributed by atoms with Crippen LogP contribution in [-0.2, 0) is 10.2 Å². The first kappa shape index (κ1) is 10.3. The fraction of sp³-hybridized carbons (Fsp3) is 0.417. The van der Waals surface area contributed by atoms with E-state index in [-0.39, 0.29) is 5.78 Å². The molecule has 1 nitrogen and oxygen atoms in total. The van der Waals surface area contributed by atoms with E-state index < -0.39 is 17.0 Å². The van der Waals surface area contributed by atoms with Crippen molar-refractivity contribution in [3.05, 3.63) is 35.4 Å². The molecule has 0 radical (unpaired) electrons. The number of hydrogen-bond donors (Lipinski definition) is 0. The third-order valence-electron chi connectivity index (χ3n) is 3.12. The van der Waals surface area contributed by atoms with Gasteiger partial charge in [-0.25, -0.2) is 8.78 Å². The molecule has 1 unspecified atom stereocenters. The van der Waals surface area contributed by atoms with E-state index in [9.17, 15) is 13.6 Å². The Kier molecular flexibility index (Phi) is 2.33. The normalized spacial score (nSPS) is 25.9. The van der Waals surface area contributed by atoms with Gasteiger partial charge in [0.05, 0.1) is 0 Å². The van der Waals surface area contributed by atoms with Gasteiger partial charge in [-0.15, -0.1) is 0 Å². The van der Waals surface area contributed by atoms with Crippen molar-refractivity contribution < 1.29 is 13.6 Å². The maximum atomic E-state index is 13.5. The van der Waals surface area contributed by atoms with E-state index >= 15 is 0 Å². The van der Waals surface area contributed by atoms with Gasteiger partial charge in [-0.1, -0.05) is 13.0 Å². The average molecular weight is 210 g/mol. The summed E-state index contributed by atoms with van der Waals surface area (Å²) in [5, 5.41) is 0. The van der Waals surface area contributed by atoms with Crippen LogP contribution in [0.5, 0.6) is 0 Å². The molecule has 0 spiro atoms. The number of benzene rings is 1. The predicted molar refractivity (Wildman–Crippen MR) is 52.6 cm³/mol. The number of halogens is 2. The van der Waals surface area contributed by atoms with Gasteiger partial charge < -0.3 is 0 Å². The lowest BCUT2D eigenvalue weighted by atomic mass is 9.81. The minimum absolute atomic E-state index is 0.154. The van der Waals surface area contributed by atoms with Crippen molar-refractivity contribution in [2.45, 2.75) is 31.6 Å². The molecule has 3 heteroatoms. The van der Waals surface area contributed by atoms with Crippen LogP contribution in [0.15, 0.2) is 18.2 Å². The Labute approximate surface area is 87.1 Å². The van der Waals surface area contributed by atoms with Gasteiger partial charge in [-0.2, -0.15) is 0 Å². The van der Waals surface area contributed by atoms with Crippen LogP contribution in [0.3, 0.4) is 0 Å². The van der Waals surface area contributed by atoms with Gasteiger partial charge in [0.2, 0.25) is 0 Å². The van der Waals surface area contributed by atoms with E-state index in [1.165, 1.54) is 12.1 Å². The number of ketones is 1. The average Bonchev–Trinajstić information content (AvgIpc) is 2.46. The van der Waals surface area contributed by atoms with Crippen molar-refractivity contribution in [3.8, 4) is 0 Å².